The quantitative estimate of drug-likeness (QED) is 0.736. The average Bonchev–Trinajstić information content (AvgIpc) is 2.69. The molecule has 1 fully saturated rings. The van der Waals surface area contributed by atoms with Crippen LogP contribution in [-0.2, 0) is 11.3 Å². The molecule has 1 aromatic carbocycles. The second-order valence-electron chi connectivity index (χ2n) is 7.35. The molecular weight excluding hydrogens is 376 g/mol. The van der Waals surface area contributed by atoms with Gasteiger partial charge >= 0.3 is 0 Å². The second-order valence-corrected chi connectivity index (χ2v) is 9.09. The first-order valence-electron chi connectivity index (χ1n) is 9.25. The third-order valence-corrected chi connectivity index (χ3v) is 6.90. The van der Waals surface area contributed by atoms with Crippen LogP contribution in [0, 0.1) is 5.92 Å². The maximum Gasteiger partial charge on any atom is 0.258 e. The maximum absolute atomic E-state index is 13.2. The number of likely N-dealkylation sites (tertiary alicyclic amines) is 1. The molecule has 0 saturated carbocycles. The number of amides is 1. The van der Waals surface area contributed by atoms with Crippen LogP contribution in [0.1, 0.15) is 18.0 Å². The lowest BCUT2D eigenvalue weighted by molar-refractivity contribution is -0.131. The molecule has 6 heteroatoms. The molecule has 2 aliphatic heterocycles. The van der Waals surface area contributed by atoms with Crippen LogP contribution in [0.3, 0.4) is 0 Å². The van der Waals surface area contributed by atoms with E-state index in [-0.39, 0.29) is 17.4 Å². The third-order valence-electron chi connectivity index (χ3n) is 5.63. The summed E-state index contributed by atoms with van der Waals surface area (Å²) in [6.07, 6.45) is 5.09. The number of piperidine rings is 1. The summed E-state index contributed by atoms with van der Waals surface area (Å²) in [5.41, 5.74) is 2.92. The minimum Gasteiger partial charge on any atom is -0.341 e. The van der Waals surface area contributed by atoms with Gasteiger partial charge in [0, 0.05) is 41.7 Å². The van der Waals surface area contributed by atoms with Gasteiger partial charge in [-0.05, 0) is 54.7 Å². The van der Waals surface area contributed by atoms with Crippen LogP contribution < -0.4 is 5.56 Å². The van der Waals surface area contributed by atoms with Gasteiger partial charge in [0.25, 0.3) is 5.56 Å². The van der Waals surface area contributed by atoms with E-state index in [1.54, 1.807) is 23.5 Å². The molecule has 0 spiro atoms. The molecule has 2 aromatic rings. The van der Waals surface area contributed by atoms with E-state index in [0.29, 0.717) is 18.2 Å². The van der Waals surface area contributed by atoms with Crippen molar-refractivity contribution in [2.24, 2.45) is 5.92 Å². The number of carbonyl (C=O) groups excluding carboxylic acids is 1. The Balaban J connectivity index is 1.65. The molecule has 4 rings (SSSR count). The highest BCUT2D eigenvalue weighted by Gasteiger charge is 2.36. The molecule has 0 unspecified atom stereocenters. The third kappa shape index (κ3) is 3.57. The first-order chi connectivity index (χ1) is 13.1. The summed E-state index contributed by atoms with van der Waals surface area (Å²) < 4.78 is 1.97. The van der Waals surface area contributed by atoms with Gasteiger partial charge in [0.15, 0.2) is 0 Å². The predicted molar refractivity (Wildman–Crippen MR) is 114 cm³/mol. The Morgan fingerprint density at radius 1 is 1.07 bits per heavy atom. The van der Waals surface area contributed by atoms with E-state index in [1.165, 1.54) is 4.90 Å². The monoisotopic (exact) mass is 400 g/mol. The molecule has 1 amide bonds. The van der Waals surface area contributed by atoms with E-state index >= 15 is 0 Å². The van der Waals surface area contributed by atoms with E-state index in [2.05, 4.69) is 24.5 Å². The first-order valence-corrected chi connectivity index (χ1v) is 11.9. The van der Waals surface area contributed by atoms with Crippen molar-refractivity contribution in [3.63, 3.8) is 0 Å². The summed E-state index contributed by atoms with van der Waals surface area (Å²) >= 11 is 3.27. The number of pyridine rings is 1. The van der Waals surface area contributed by atoms with Crippen LogP contribution in [0.4, 0.5) is 0 Å². The van der Waals surface area contributed by atoms with E-state index in [0.717, 1.165) is 36.3 Å². The van der Waals surface area contributed by atoms with Crippen LogP contribution in [0.25, 0.3) is 11.1 Å². The Morgan fingerprint density at radius 2 is 1.85 bits per heavy atom. The second kappa shape index (κ2) is 7.76. The van der Waals surface area contributed by atoms with Crippen LogP contribution in [0.2, 0.25) is 0 Å². The predicted octanol–water partition coefficient (Wildman–Crippen LogP) is 3.55. The average molecular weight is 401 g/mol. The smallest absolute Gasteiger partial charge is 0.258 e. The van der Waals surface area contributed by atoms with Crippen molar-refractivity contribution in [3.05, 3.63) is 52.4 Å². The van der Waals surface area contributed by atoms with Crippen molar-refractivity contribution >= 4 is 29.4 Å². The molecule has 3 heterocycles. The van der Waals surface area contributed by atoms with Crippen molar-refractivity contribution in [1.29, 1.82) is 0 Å². The van der Waals surface area contributed by atoms with Gasteiger partial charge in [-0.3, -0.25) is 9.59 Å². The molecule has 142 valence electrons. The van der Waals surface area contributed by atoms with Crippen LogP contribution in [0.15, 0.2) is 46.1 Å². The van der Waals surface area contributed by atoms with Crippen molar-refractivity contribution in [2.75, 3.05) is 31.4 Å². The van der Waals surface area contributed by atoms with Crippen molar-refractivity contribution in [1.82, 2.24) is 9.47 Å². The Bertz CT molecular complexity index is 907. The number of carbonyl (C=O) groups is 1. The highest BCUT2D eigenvalue weighted by atomic mass is 32.2. The highest BCUT2D eigenvalue weighted by Crippen LogP contribution is 2.36. The van der Waals surface area contributed by atoms with E-state index in [9.17, 15) is 9.59 Å². The van der Waals surface area contributed by atoms with Gasteiger partial charge in [0.05, 0.1) is 5.75 Å². The summed E-state index contributed by atoms with van der Waals surface area (Å²) in [6.45, 7) is 2.22. The minimum absolute atomic E-state index is 0.1000. The van der Waals surface area contributed by atoms with Gasteiger partial charge in [-0.25, -0.2) is 0 Å². The lowest BCUT2D eigenvalue weighted by Crippen LogP contribution is -2.49. The standard InChI is InChI=1S/C21H24N2O2S2/c1-26-13-20(24)22-10-14-9-16(12-22)19-8-7-18(21(25)23(19)11-14)15-3-5-17(27-2)6-4-15/h3-8,14,16H,9-13H2,1-2H3/t14-,16+/m0/s1. The van der Waals surface area contributed by atoms with Crippen LogP contribution in [0.5, 0.6) is 0 Å². The van der Waals surface area contributed by atoms with Gasteiger partial charge in [-0.1, -0.05) is 12.1 Å². The van der Waals surface area contributed by atoms with Gasteiger partial charge < -0.3 is 9.47 Å². The maximum atomic E-state index is 13.2. The Hall–Kier alpha value is -1.66. The largest absolute Gasteiger partial charge is 0.341 e. The Kier molecular flexibility index (Phi) is 5.37. The summed E-state index contributed by atoms with van der Waals surface area (Å²) in [4.78, 5) is 28.7. The lowest BCUT2D eigenvalue weighted by Gasteiger charge is -2.43. The van der Waals surface area contributed by atoms with Gasteiger partial charge in [0.2, 0.25) is 5.91 Å². The van der Waals surface area contributed by atoms with Crippen molar-refractivity contribution in [3.8, 4) is 11.1 Å². The van der Waals surface area contributed by atoms with Gasteiger partial charge in [0.1, 0.15) is 0 Å². The lowest BCUT2D eigenvalue weighted by atomic mass is 9.82. The molecule has 2 atom stereocenters. The minimum atomic E-state index is 0.1000. The number of hydrogen-bond donors (Lipinski definition) is 0. The summed E-state index contributed by atoms with van der Waals surface area (Å²) in [7, 11) is 0. The molecule has 4 nitrogen and oxygen atoms in total. The number of aromatic nitrogens is 1. The SMILES string of the molecule is CSCC(=O)N1C[C@@H]2C[C@H](C1)c1ccc(-c3ccc(SC)cc3)c(=O)n1C2. The molecule has 1 saturated heterocycles. The van der Waals surface area contributed by atoms with E-state index in [4.69, 9.17) is 0 Å². The molecule has 0 aliphatic carbocycles. The Morgan fingerprint density at radius 3 is 2.56 bits per heavy atom. The normalized spacial score (nSPS) is 21.0. The summed E-state index contributed by atoms with van der Waals surface area (Å²) in [5, 5.41) is 0. The number of rotatable bonds is 4. The number of fused-ring (bicyclic) bond motifs is 4. The number of thioether (sulfide) groups is 2. The molecular formula is C21H24N2O2S2. The van der Waals surface area contributed by atoms with Crippen LogP contribution >= 0.6 is 23.5 Å². The topological polar surface area (TPSA) is 42.3 Å². The summed E-state index contributed by atoms with van der Waals surface area (Å²) in [6, 6.07) is 12.2. The van der Waals surface area contributed by atoms with Gasteiger partial charge in [-0.2, -0.15) is 11.8 Å². The van der Waals surface area contributed by atoms with Crippen molar-refractivity contribution < 1.29 is 4.79 Å². The molecule has 2 bridgehead atoms. The molecule has 0 radical (unpaired) electrons. The van der Waals surface area contributed by atoms with E-state index < -0.39 is 0 Å². The zero-order chi connectivity index (χ0) is 19.0. The fraction of sp³-hybridized carbons (Fsp3) is 0.429. The number of nitrogens with zero attached hydrogens (tertiary/aromatic N) is 2. The highest BCUT2D eigenvalue weighted by molar-refractivity contribution is 7.99. The molecule has 0 N–H and O–H groups in total. The number of benzene rings is 1. The van der Waals surface area contributed by atoms with Gasteiger partial charge in [-0.15, -0.1) is 11.8 Å². The van der Waals surface area contributed by atoms with E-state index in [1.807, 2.05) is 33.9 Å². The van der Waals surface area contributed by atoms with Crippen molar-refractivity contribution in [2.45, 2.75) is 23.8 Å². The molecule has 1 aromatic heterocycles. The molecule has 2 aliphatic rings. The fourth-order valence-corrected chi connectivity index (χ4v) is 5.19. The zero-order valence-electron chi connectivity index (χ0n) is 15.7. The summed E-state index contributed by atoms with van der Waals surface area (Å²) in [5.74, 6) is 1.40. The molecule has 27 heavy (non-hydrogen) atoms. The first kappa shape index (κ1) is 18.7. The zero-order valence-corrected chi connectivity index (χ0v) is 17.3. The fourth-order valence-electron chi connectivity index (χ4n) is 4.35. The Labute approximate surface area is 168 Å². The number of hydrogen-bond acceptors (Lipinski definition) is 4. The van der Waals surface area contributed by atoms with Crippen LogP contribution in [-0.4, -0.2) is 46.7 Å².